The molecule has 0 bridgehead atoms. The largest absolute Gasteiger partial charge is 0.463 e. The van der Waals surface area contributed by atoms with Gasteiger partial charge in [-0.3, -0.25) is 4.79 Å². The van der Waals surface area contributed by atoms with Crippen molar-refractivity contribution in [3.8, 4) is 0 Å². The van der Waals surface area contributed by atoms with Crippen LogP contribution in [-0.4, -0.2) is 29.3 Å². The zero-order valence-corrected chi connectivity index (χ0v) is 14.6. The van der Waals surface area contributed by atoms with Gasteiger partial charge in [0.15, 0.2) is 0 Å². The van der Waals surface area contributed by atoms with Gasteiger partial charge in [0, 0.05) is 17.5 Å². The van der Waals surface area contributed by atoms with Crippen LogP contribution in [0, 0.1) is 0 Å². The first kappa shape index (κ1) is 15.6. The topological polar surface area (TPSA) is 55.0 Å². The molecule has 3 heterocycles. The normalized spacial score (nSPS) is 23.5. The average Bonchev–Trinajstić information content (AvgIpc) is 3.34. The zero-order valence-electron chi connectivity index (χ0n) is 13.0. The predicted octanol–water partition coefficient (Wildman–Crippen LogP) is 3.90. The molecule has 0 radical (unpaired) electrons. The van der Waals surface area contributed by atoms with Crippen LogP contribution in [0.1, 0.15) is 36.6 Å². The molecule has 124 valence electrons. The third-order valence-electron chi connectivity index (χ3n) is 4.38. The van der Waals surface area contributed by atoms with Crippen molar-refractivity contribution in [2.45, 2.75) is 31.4 Å². The molecule has 2 aliphatic rings. The van der Waals surface area contributed by atoms with Crippen LogP contribution >= 0.6 is 15.9 Å². The van der Waals surface area contributed by atoms with Gasteiger partial charge in [-0.2, -0.15) is 5.10 Å². The highest BCUT2D eigenvalue weighted by molar-refractivity contribution is 9.10. The van der Waals surface area contributed by atoms with Gasteiger partial charge in [0.2, 0.25) is 0 Å². The lowest BCUT2D eigenvalue weighted by Gasteiger charge is -2.24. The van der Waals surface area contributed by atoms with Crippen molar-refractivity contribution in [1.82, 2.24) is 5.01 Å². The van der Waals surface area contributed by atoms with E-state index >= 15 is 0 Å². The molecule has 0 saturated carbocycles. The maximum absolute atomic E-state index is 12.9. The highest BCUT2D eigenvalue weighted by atomic mass is 79.9. The van der Waals surface area contributed by atoms with E-state index in [-0.39, 0.29) is 18.1 Å². The molecular weight excluding hydrogens is 372 g/mol. The molecule has 2 aliphatic heterocycles. The van der Waals surface area contributed by atoms with Crippen LogP contribution in [0.4, 0.5) is 0 Å². The van der Waals surface area contributed by atoms with Gasteiger partial charge in [0.05, 0.1) is 12.3 Å². The van der Waals surface area contributed by atoms with E-state index in [0.717, 1.165) is 28.6 Å². The number of halogens is 1. The van der Waals surface area contributed by atoms with Crippen LogP contribution in [0.25, 0.3) is 0 Å². The molecule has 0 N–H and O–H groups in total. The summed E-state index contributed by atoms with van der Waals surface area (Å²) in [7, 11) is 0. The van der Waals surface area contributed by atoms with E-state index in [9.17, 15) is 4.79 Å². The van der Waals surface area contributed by atoms with Gasteiger partial charge in [-0.05, 0) is 42.7 Å². The molecule has 0 spiro atoms. The lowest BCUT2D eigenvalue weighted by atomic mass is 10.0. The first-order valence-electron chi connectivity index (χ1n) is 8.04. The first-order chi connectivity index (χ1) is 11.7. The minimum absolute atomic E-state index is 0.0703. The van der Waals surface area contributed by atoms with Crippen molar-refractivity contribution in [2.75, 3.05) is 6.61 Å². The van der Waals surface area contributed by atoms with E-state index in [2.05, 4.69) is 21.0 Å². The highest BCUT2D eigenvalue weighted by Crippen LogP contribution is 2.35. The first-order valence-corrected chi connectivity index (χ1v) is 8.83. The van der Waals surface area contributed by atoms with Crippen LogP contribution in [0.15, 0.2) is 56.7 Å². The summed E-state index contributed by atoms with van der Waals surface area (Å²) in [5.74, 6) is 0.636. The molecule has 2 aromatic rings. The number of furan rings is 1. The summed E-state index contributed by atoms with van der Waals surface area (Å²) >= 11 is 3.50. The Hall–Kier alpha value is -1.92. The maximum Gasteiger partial charge on any atom is 0.272 e. The molecule has 4 rings (SSSR count). The van der Waals surface area contributed by atoms with Crippen LogP contribution in [0.3, 0.4) is 0 Å². The molecule has 1 aromatic carbocycles. The third-order valence-corrected chi connectivity index (χ3v) is 4.87. The van der Waals surface area contributed by atoms with E-state index in [1.807, 2.05) is 36.4 Å². The number of hydrazone groups is 1. The summed E-state index contributed by atoms with van der Waals surface area (Å²) in [5.41, 5.74) is 1.83. The smallest absolute Gasteiger partial charge is 0.272 e. The van der Waals surface area contributed by atoms with Gasteiger partial charge in [0.25, 0.3) is 5.91 Å². The number of benzene rings is 1. The second-order valence-electron chi connectivity index (χ2n) is 5.98. The van der Waals surface area contributed by atoms with E-state index in [1.165, 1.54) is 0 Å². The van der Waals surface area contributed by atoms with E-state index in [0.29, 0.717) is 18.8 Å². The Morgan fingerprint density at radius 3 is 2.92 bits per heavy atom. The van der Waals surface area contributed by atoms with Gasteiger partial charge in [-0.1, -0.05) is 28.1 Å². The minimum atomic E-state index is -0.389. The quantitative estimate of drug-likeness (QED) is 0.800. The predicted molar refractivity (Wildman–Crippen MR) is 92.6 cm³/mol. The Labute approximate surface area is 148 Å². The minimum Gasteiger partial charge on any atom is -0.463 e. The average molecular weight is 389 g/mol. The van der Waals surface area contributed by atoms with Crippen molar-refractivity contribution in [2.24, 2.45) is 5.10 Å². The third kappa shape index (κ3) is 2.91. The fraction of sp³-hybridized carbons (Fsp3) is 0.333. The van der Waals surface area contributed by atoms with Crippen LogP contribution in [0.2, 0.25) is 0 Å². The number of carbonyl (C=O) groups excluding carboxylic acids is 1. The Bertz CT molecular complexity index is 766. The van der Waals surface area contributed by atoms with Gasteiger partial charge in [-0.25, -0.2) is 5.01 Å². The van der Waals surface area contributed by atoms with Crippen molar-refractivity contribution in [3.63, 3.8) is 0 Å². The summed E-state index contributed by atoms with van der Waals surface area (Å²) in [4.78, 5) is 12.9. The number of hydrogen-bond acceptors (Lipinski definition) is 4. The lowest BCUT2D eigenvalue weighted by molar-refractivity contribution is -0.142. The molecule has 1 amide bonds. The molecule has 24 heavy (non-hydrogen) atoms. The van der Waals surface area contributed by atoms with Crippen molar-refractivity contribution >= 4 is 27.5 Å². The molecule has 0 aliphatic carbocycles. The van der Waals surface area contributed by atoms with Crippen LogP contribution in [-0.2, 0) is 9.53 Å². The number of rotatable bonds is 3. The summed E-state index contributed by atoms with van der Waals surface area (Å²) in [6.45, 7) is 0.639. The van der Waals surface area contributed by atoms with Gasteiger partial charge in [0.1, 0.15) is 17.6 Å². The molecule has 6 heteroatoms. The van der Waals surface area contributed by atoms with Crippen molar-refractivity contribution in [1.29, 1.82) is 0 Å². The van der Waals surface area contributed by atoms with Gasteiger partial charge < -0.3 is 9.15 Å². The Morgan fingerprint density at radius 2 is 2.21 bits per heavy atom. The number of hydrogen-bond donors (Lipinski definition) is 0. The molecule has 0 unspecified atom stereocenters. The molecule has 5 nitrogen and oxygen atoms in total. The zero-order chi connectivity index (χ0) is 16.5. The highest BCUT2D eigenvalue weighted by Gasteiger charge is 2.38. The monoisotopic (exact) mass is 388 g/mol. The summed E-state index contributed by atoms with van der Waals surface area (Å²) in [6.07, 6.45) is 3.53. The molecular formula is C18H17BrN2O3. The second kappa shape index (κ2) is 6.53. The molecule has 1 fully saturated rings. The van der Waals surface area contributed by atoms with Gasteiger partial charge in [-0.15, -0.1) is 0 Å². The van der Waals surface area contributed by atoms with Crippen LogP contribution < -0.4 is 0 Å². The summed E-state index contributed by atoms with van der Waals surface area (Å²) in [6, 6.07) is 11.6. The van der Waals surface area contributed by atoms with Crippen molar-refractivity contribution in [3.05, 3.63) is 58.5 Å². The van der Waals surface area contributed by atoms with Crippen LogP contribution in [0.5, 0.6) is 0 Å². The Kier molecular flexibility index (Phi) is 4.24. The molecule has 2 atom stereocenters. The fourth-order valence-corrected chi connectivity index (χ4v) is 3.62. The van der Waals surface area contributed by atoms with E-state index in [4.69, 9.17) is 9.15 Å². The van der Waals surface area contributed by atoms with Crippen molar-refractivity contribution < 1.29 is 13.9 Å². The number of amides is 1. The fourth-order valence-electron chi connectivity index (χ4n) is 3.20. The maximum atomic E-state index is 12.9. The summed E-state index contributed by atoms with van der Waals surface area (Å²) in [5, 5.41) is 6.15. The number of nitrogens with zero attached hydrogens (tertiary/aromatic N) is 2. The molecule has 1 saturated heterocycles. The lowest BCUT2D eigenvalue weighted by Crippen LogP contribution is -2.35. The number of carbonyl (C=O) groups is 1. The Morgan fingerprint density at radius 1 is 1.29 bits per heavy atom. The SMILES string of the molecule is O=C([C@H]1CCCO1)N1N=C(c2ccco2)C[C@@H]1c1cccc(Br)c1. The van der Waals surface area contributed by atoms with E-state index in [1.54, 1.807) is 11.3 Å². The Balaban J connectivity index is 1.67. The van der Waals surface area contributed by atoms with Gasteiger partial charge >= 0.3 is 0 Å². The number of ether oxygens (including phenoxy) is 1. The molecule has 1 aromatic heterocycles. The summed E-state index contributed by atoms with van der Waals surface area (Å²) < 4.78 is 12.0. The second-order valence-corrected chi connectivity index (χ2v) is 6.90. The standard InChI is InChI=1S/C18H17BrN2O3/c19-13-5-1-4-12(10-13)15-11-14(16-6-2-8-23-16)20-21(15)18(22)17-7-3-9-24-17/h1-2,4-6,8,10,15,17H,3,7,9,11H2/t15-,17-/m1/s1. The van der Waals surface area contributed by atoms with E-state index < -0.39 is 0 Å².